The molecule has 0 fully saturated rings. The van der Waals surface area contributed by atoms with Crippen LogP contribution in [0.4, 0.5) is 11.4 Å². The average molecular weight is 202 g/mol. The third-order valence-corrected chi connectivity index (χ3v) is 2.10. The summed E-state index contributed by atoms with van der Waals surface area (Å²) in [5.74, 6) is 0. The van der Waals surface area contributed by atoms with Crippen LogP contribution >= 0.6 is 0 Å². The van der Waals surface area contributed by atoms with Crippen molar-refractivity contribution in [2.75, 3.05) is 5.32 Å². The van der Waals surface area contributed by atoms with Crippen molar-refractivity contribution in [1.82, 2.24) is 14.8 Å². The Morgan fingerprint density at radius 1 is 1.20 bits per heavy atom. The van der Waals surface area contributed by atoms with Gasteiger partial charge in [0.25, 0.3) is 0 Å². The molecule has 0 aliphatic heterocycles. The lowest BCUT2D eigenvalue weighted by atomic mass is 10.4. The lowest BCUT2D eigenvalue weighted by Crippen LogP contribution is -1.99. The minimum absolute atomic E-state index is 0.387. The molecule has 0 saturated carbocycles. The fourth-order valence-corrected chi connectivity index (χ4v) is 1.29. The zero-order valence-electron chi connectivity index (χ0n) is 8.88. The highest BCUT2D eigenvalue weighted by atomic mass is 15.3. The first kappa shape index (κ1) is 9.71. The zero-order chi connectivity index (χ0) is 10.7. The molecule has 0 amide bonds. The number of aromatic nitrogens is 3. The van der Waals surface area contributed by atoms with E-state index in [1.165, 1.54) is 0 Å². The van der Waals surface area contributed by atoms with Crippen molar-refractivity contribution in [1.29, 1.82) is 0 Å². The zero-order valence-corrected chi connectivity index (χ0v) is 8.88. The van der Waals surface area contributed by atoms with E-state index in [1.807, 2.05) is 29.2 Å². The van der Waals surface area contributed by atoms with Gasteiger partial charge >= 0.3 is 0 Å². The second kappa shape index (κ2) is 4.13. The number of pyridine rings is 1. The van der Waals surface area contributed by atoms with Crippen LogP contribution in [0.2, 0.25) is 0 Å². The van der Waals surface area contributed by atoms with Crippen molar-refractivity contribution in [2.45, 2.75) is 19.9 Å². The molecule has 15 heavy (non-hydrogen) atoms. The topological polar surface area (TPSA) is 42.7 Å². The largest absolute Gasteiger partial charge is 0.353 e. The number of hydrogen-bond donors (Lipinski definition) is 1. The highest BCUT2D eigenvalue weighted by Crippen LogP contribution is 2.15. The maximum Gasteiger partial charge on any atom is 0.0770 e. The first-order valence-corrected chi connectivity index (χ1v) is 4.97. The molecular weight excluding hydrogens is 188 g/mol. The molecule has 0 aromatic carbocycles. The predicted octanol–water partition coefficient (Wildman–Crippen LogP) is 2.60. The number of rotatable bonds is 3. The van der Waals surface area contributed by atoms with Crippen molar-refractivity contribution < 1.29 is 0 Å². The van der Waals surface area contributed by atoms with Crippen LogP contribution in [0.25, 0.3) is 0 Å². The summed E-state index contributed by atoms with van der Waals surface area (Å²) in [6.45, 7) is 4.20. The molecule has 0 aliphatic rings. The van der Waals surface area contributed by atoms with Gasteiger partial charge in [0.15, 0.2) is 0 Å². The number of nitrogens with one attached hydrogen (secondary N) is 1. The Kier molecular flexibility index (Phi) is 2.67. The molecule has 2 rings (SSSR count). The molecule has 0 aliphatic carbocycles. The summed E-state index contributed by atoms with van der Waals surface area (Å²) in [4.78, 5) is 3.96. The van der Waals surface area contributed by atoms with Crippen LogP contribution in [0, 0.1) is 0 Å². The van der Waals surface area contributed by atoms with Gasteiger partial charge in [-0.1, -0.05) is 0 Å². The van der Waals surface area contributed by atoms with Crippen LogP contribution in [0.5, 0.6) is 0 Å². The summed E-state index contributed by atoms with van der Waals surface area (Å²) in [5, 5.41) is 7.51. The number of nitrogens with zero attached hydrogens (tertiary/aromatic N) is 3. The molecule has 0 unspecified atom stereocenters. The van der Waals surface area contributed by atoms with Crippen molar-refractivity contribution >= 4 is 11.4 Å². The summed E-state index contributed by atoms with van der Waals surface area (Å²) in [5.41, 5.74) is 2.02. The Bertz CT molecular complexity index is 419. The van der Waals surface area contributed by atoms with Gasteiger partial charge in [-0.05, 0) is 26.0 Å². The van der Waals surface area contributed by atoms with Gasteiger partial charge in [-0.3, -0.25) is 9.67 Å². The molecule has 4 nitrogen and oxygen atoms in total. The van der Waals surface area contributed by atoms with Crippen molar-refractivity contribution in [3.05, 3.63) is 36.9 Å². The van der Waals surface area contributed by atoms with Crippen LogP contribution < -0.4 is 5.32 Å². The molecule has 4 heteroatoms. The molecule has 0 spiro atoms. The maximum atomic E-state index is 4.25. The molecule has 78 valence electrons. The predicted molar refractivity (Wildman–Crippen MR) is 60.1 cm³/mol. The smallest absolute Gasteiger partial charge is 0.0770 e. The summed E-state index contributed by atoms with van der Waals surface area (Å²) < 4.78 is 1.92. The normalized spacial score (nSPS) is 10.6. The first-order chi connectivity index (χ1) is 7.25. The fraction of sp³-hybridized carbons (Fsp3) is 0.273. The van der Waals surface area contributed by atoms with Crippen molar-refractivity contribution in [3.8, 4) is 0 Å². The Hall–Kier alpha value is -1.84. The molecule has 1 N–H and O–H groups in total. The number of anilines is 2. The fourth-order valence-electron chi connectivity index (χ4n) is 1.29. The van der Waals surface area contributed by atoms with Crippen molar-refractivity contribution in [2.24, 2.45) is 0 Å². The van der Waals surface area contributed by atoms with E-state index in [-0.39, 0.29) is 0 Å². The SMILES string of the molecule is CC(C)n1cc(Nc2ccncc2)cn1. The first-order valence-electron chi connectivity index (χ1n) is 4.97. The van der Waals surface area contributed by atoms with Gasteiger partial charge in [0, 0.05) is 30.3 Å². The van der Waals surface area contributed by atoms with Gasteiger partial charge in [-0.25, -0.2) is 0 Å². The van der Waals surface area contributed by atoms with E-state index in [2.05, 4.69) is 29.2 Å². The van der Waals surface area contributed by atoms with Gasteiger partial charge in [0.1, 0.15) is 0 Å². The average Bonchev–Trinajstić information content (AvgIpc) is 2.68. The quantitative estimate of drug-likeness (QED) is 0.831. The molecule has 0 bridgehead atoms. The third-order valence-electron chi connectivity index (χ3n) is 2.10. The van der Waals surface area contributed by atoms with Crippen LogP contribution in [-0.4, -0.2) is 14.8 Å². The van der Waals surface area contributed by atoms with Gasteiger partial charge < -0.3 is 5.32 Å². The van der Waals surface area contributed by atoms with E-state index >= 15 is 0 Å². The Morgan fingerprint density at radius 3 is 2.53 bits per heavy atom. The molecule has 2 aromatic heterocycles. The van der Waals surface area contributed by atoms with Crippen LogP contribution in [-0.2, 0) is 0 Å². The minimum atomic E-state index is 0.387. The highest BCUT2D eigenvalue weighted by molar-refractivity contribution is 5.56. The van der Waals surface area contributed by atoms with Crippen LogP contribution in [0.1, 0.15) is 19.9 Å². The third kappa shape index (κ3) is 2.34. The summed E-state index contributed by atoms with van der Waals surface area (Å²) in [7, 11) is 0. The maximum absolute atomic E-state index is 4.25. The van der Waals surface area contributed by atoms with E-state index in [1.54, 1.807) is 12.4 Å². The van der Waals surface area contributed by atoms with Crippen molar-refractivity contribution in [3.63, 3.8) is 0 Å². The molecule has 0 saturated heterocycles. The highest BCUT2D eigenvalue weighted by Gasteiger charge is 2.01. The number of hydrogen-bond acceptors (Lipinski definition) is 3. The van der Waals surface area contributed by atoms with E-state index in [0.717, 1.165) is 11.4 Å². The van der Waals surface area contributed by atoms with E-state index in [0.29, 0.717) is 6.04 Å². The van der Waals surface area contributed by atoms with Gasteiger partial charge in [0.05, 0.1) is 11.9 Å². The molecule has 0 atom stereocenters. The molecule has 2 heterocycles. The lowest BCUT2D eigenvalue weighted by Gasteiger charge is -2.04. The lowest BCUT2D eigenvalue weighted by molar-refractivity contribution is 0.532. The Balaban J connectivity index is 2.12. The Labute approximate surface area is 89.0 Å². The summed E-state index contributed by atoms with van der Waals surface area (Å²) in [6.07, 6.45) is 7.33. The standard InChI is InChI=1S/C11H14N4/c1-9(2)15-8-11(7-13-15)14-10-3-5-12-6-4-10/h3-9H,1-2H3,(H,12,14). The monoisotopic (exact) mass is 202 g/mol. The molecular formula is C11H14N4. The van der Waals surface area contributed by atoms with Crippen LogP contribution in [0.3, 0.4) is 0 Å². The second-order valence-corrected chi connectivity index (χ2v) is 3.66. The summed E-state index contributed by atoms with van der Waals surface area (Å²) in [6, 6.07) is 4.23. The Morgan fingerprint density at radius 2 is 1.93 bits per heavy atom. The van der Waals surface area contributed by atoms with Gasteiger partial charge in [0.2, 0.25) is 0 Å². The van der Waals surface area contributed by atoms with E-state index < -0.39 is 0 Å². The minimum Gasteiger partial charge on any atom is -0.353 e. The van der Waals surface area contributed by atoms with Gasteiger partial charge in [-0.15, -0.1) is 0 Å². The second-order valence-electron chi connectivity index (χ2n) is 3.66. The van der Waals surface area contributed by atoms with Crippen LogP contribution in [0.15, 0.2) is 36.9 Å². The van der Waals surface area contributed by atoms with E-state index in [9.17, 15) is 0 Å². The molecule has 0 radical (unpaired) electrons. The summed E-state index contributed by atoms with van der Waals surface area (Å²) >= 11 is 0. The molecule has 2 aromatic rings. The van der Waals surface area contributed by atoms with E-state index in [4.69, 9.17) is 0 Å². The van der Waals surface area contributed by atoms with Gasteiger partial charge in [-0.2, -0.15) is 5.10 Å².